The Balaban J connectivity index is 1.88. The first-order valence-electron chi connectivity index (χ1n) is 9.14. The van der Waals surface area contributed by atoms with Crippen LogP contribution in [0.25, 0.3) is 0 Å². The lowest BCUT2D eigenvalue weighted by atomic mass is 10.1. The Kier molecular flexibility index (Phi) is 6.03. The van der Waals surface area contributed by atoms with Crippen molar-refractivity contribution in [3.05, 3.63) is 62.7 Å². The van der Waals surface area contributed by atoms with Crippen LogP contribution in [0, 0.1) is 10.1 Å². The molecule has 1 heterocycles. The van der Waals surface area contributed by atoms with Crippen molar-refractivity contribution in [1.29, 1.82) is 0 Å². The molecule has 0 bridgehead atoms. The second-order valence-electron chi connectivity index (χ2n) is 7.00. The van der Waals surface area contributed by atoms with Crippen molar-refractivity contribution in [2.24, 2.45) is 0 Å². The number of nitrogens with one attached hydrogen (secondary N) is 1. The summed E-state index contributed by atoms with van der Waals surface area (Å²) in [5.74, 6) is -0.605. The van der Waals surface area contributed by atoms with E-state index in [0.717, 1.165) is 37.7 Å². The Morgan fingerprint density at radius 3 is 2.45 bits per heavy atom. The number of carbonyl (C=O) groups is 2. The van der Waals surface area contributed by atoms with E-state index in [9.17, 15) is 19.7 Å². The van der Waals surface area contributed by atoms with Crippen LogP contribution in [0.5, 0.6) is 0 Å². The quantitative estimate of drug-likeness (QED) is 0.590. The highest BCUT2D eigenvalue weighted by atomic mass is 35.5. The summed E-state index contributed by atoms with van der Waals surface area (Å²) in [5.41, 5.74) is 1.44. The molecule has 2 aromatic carbocycles. The maximum absolute atomic E-state index is 12.9. The third-order valence-electron chi connectivity index (χ3n) is 4.76. The molecule has 1 aliphatic heterocycles. The zero-order valence-electron chi connectivity index (χ0n) is 16.1. The van der Waals surface area contributed by atoms with Gasteiger partial charge in [0.2, 0.25) is 0 Å². The van der Waals surface area contributed by atoms with Crippen LogP contribution >= 0.6 is 11.6 Å². The molecule has 2 amide bonds. The Bertz CT molecular complexity index is 971. The summed E-state index contributed by atoms with van der Waals surface area (Å²) in [7, 11) is 3.70. The van der Waals surface area contributed by atoms with Gasteiger partial charge in [0.25, 0.3) is 17.5 Å². The van der Waals surface area contributed by atoms with Gasteiger partial charge >= 0.3 is 0 Å². The van der Waals surface area contributed by atoms with Crippen molar-refractivity contribution in [1.82, 2.24) is 4.90 Å². The van der Waals surface area contributed by atoms with Crippen LogP contribution in [0.1, 0.15) is 33.6 Å². The molecule has 1 fully saturated rings. The smallest absolute Gasteiger partial charge is 0.288 e. The zero-order chi connectivity index (χ0) is 21.1. The van der Waals surface area contributed by atoms with Gasteiger partial charge in [0.05, 0.1) is 10.5 Å². The molecule has 152 valence electrons. The monoisotopic (exact) mass is 416 g/mol. The first kappa shape index (κ1) is 20.6. The van der Waals surface area contributed by atoms with Gasteiger partial charge in [-0.3, -0.25) is 19.7 Å². The molecule has 0 aliphatic carbocycles. The summed E-state index contributed by atoms with van der Waals surface area (Å²) in [6.07, 6.45) is 1.96. The van der Waals surface area contributed by atoms with E-state index in [1.54, 1.807) is 23.1 Å². The van der Waals surface area contributed by atoms with E-state index in [4.69, 9.17) is 11.6 Å². The molecule has 0 unspecified atom stereocenters. The zero-order valence-corrected chi connectivity index (χ0v) is 16.9. The Labute approximate surface area is 173 Å². The topological polar surface area (TPSA) is 95.8 Å². The molecule has 1 aliphatic rings. The predicted octanol–water partition coefficient (Wildman–Crippen LogP) is 3.80. The third kappa shape index (κ3) is 4.48. The van der Waals surface area contributed by atoms with Gasteiger partial charge in [-0.05, 0) is 43.2 Å². The summed E-state index contributed by atoms with van der Waals surface area (Å²) in [6, 6.07) is 8.95. The Hall–Kier alpha value is -3.13. The first-order valence-corrected chi connectivity index (χ1v) is 9.51. The average molecular weight is 417 g/mol. The third-order valence-corrected chi connectivity index (χ3v) is 5.08. The summed E-state index contributed by atoms with van der Waals surface area (Å²) in [4.78, 5) is 39.6. The summed E-state index contributed by atoms with van der Waals surface area (Å²) in [5, 5.41) is 13.7. The van der Waals surface area contributed by atoms with Gasteiger partial charge in [-0.1, -0.05) is 11.6 Å². The maximum atomic E-state index is 12.9. The highest BCUT2D eigenvalue weighted by Crippen LogP contribution is 2.28. The summed E-state index contributed by atoms with van der Waals surface area (Å²) in [6.45, 7) is 1.44. The molecule has 1 saturated heterocycles. The van der Waals surface area contributed by atoms with Gasteiger partial charge in [0.1, 0.15) is 5.02 Å². The number of hydrogen-bond acceptors (Lipinski definition) is 5. The van der Waals surface area contributed by atoms with Crippen molar-refractivity contribution in [3.8, 4) is 0 Å². The summed E-state index contributed by atoms with van der Waals surface area (Å²) >= 11 is 5.80. The fourth-order valence-corrected chi connectivity index (χ4v) is 3.45. The molecule has 0 atom stereocenters. The molecule has 2 aromatic rings. The molecule has 8 nitrogen and oxygen atoms in total. The molecule has 0 spiro atoms. The number of likely N-dealkylation sites (tertiary alicyclic amines) is 1. The van der Waals surface area contributed by atoms with Gasteiger partial charge in [0.15, 0.2) is 0 Å². The Morgan fingerprint density at radius 2 is 1.83 bits per heavy atom. The standard InChI is InChI=1S/C20H21ClN4O4/c1-23(2)17-8-6-14(12-15(17)20(27)24-9-3-4-10-24)22-19(26)13-5-7-16(21)18(11-13)25(28)29/h5-8,11-12H,3-4,9-10H2,1-2H3,(H,22,26). The van der Waals surface area contributed by atoms with E-state index in [0.29, 0.717) is 11.3 Å². The van der Waals surface area contributed by atoms with Gasteiger partial charge in [-0.25, -0.2) is 0 Å². The van der Waals surface area contributed by atoms with E-state index < -0.39 is 10.8 Å². The molecular formula is C20H21ClN4O4. The molecule has 0 saturated carbocycles. The van der Waals surface area contributed by atoms with E-state index in [1.807, 2.05) is 19.0 Å². The maximum Gasteiger partial charge on any atom is 0.288 e. The fourth-order valence-electron chi connectivity index (χ4n) is 3.26. The number of nitrogens with zero attached hydrogens (tertiary/aromatic N) is 3. The van der Waals surface area contributed by atoms with Crippen molar-refractivity contribution in [3.63, 3.8) is 0 Å². The summed E-state index contributed by atoms with van der Waals surface area (Å²) < 4.78 is 0. The lowest BCUT2D eigenvalue weighted by Gasteiger charge is -2.22. The van der Waals surface area contributed by atoms with Crippen molar-refractivity contribution in [2.45, 2.75) is 12.8 Å². The number of amides is 2. The SMILES string of the molecule is CN(C)c1ccc(NC(=O)c2ccc(Cl)c([N+](=O)[O-])c2)cc1C(=O)N1CCCC1. The highest BCUT2D eigenvalue weighted by Gasteiger charge is 2.23. The fraction of sp³-hybridized carbons (Fsp3) is 0.300. The molecule has 9 heteroatoms. The van der Waals surface area contributed by atoms with Crippen LogP contribution < -0.4 is 10.2 Å². The number of nitro benzene ring substituents is 1. The first-order chi connectivity index (χ1) is 13.8. The minimum atomic E-state index is -0.641. The van der Waals surface area contributed by atoms with E-state index in [-0.39, 0.29) is 22.2 Å². The van der Waals surface area contributed by atoms with Crippen molar-refractivity contribution >= 4 is 40.5 Å². The predicted molar refractivity (Wildman–Crippen MR) is 112 cm³/mol. The van der Waals surface area contributed by atoms with Crippen LogP contribution in [0.15, 0.2) is 36.4 Å². The number of rotatable bonds is 5. The van der Waals surface area contributed by atoms with Gasteiger partial charge in [-0.2, -0.15) is 0 Å². The number of hydrogen-bond donors (Lipinski definition) is 1. The van der Waals surface area contributed by atoms with Gasteiger partial charge < -0.3 is 15.1 Å². The number of nitro groups is 1. The second-order valence-corrected chi connectivity index (χ2v) is 7.41. The number of halogens is 1. The van der Waals surface area contributed by atoms with E-state index in [2.05, 4.69) is 5.32 Å². The van der Waals surface area contributed by atoms with Crippen LogP contribution in [-0.4, -0.2) is 48.8 Å². The van der Waals surface area contributed by atoms with Crippen LogP contribution in [-0.2, 0) is 0 Å². The minimum absolute atomic E-state index is 0.0413. The molecule has 1 N–H and O–H groups in total. The normalized spacial score (nSPS) is 13.3. The lowest BCUT2D eigenvalue weighted by Crippen LogP contribution is -2.29. The largest absolute Gasteiger partial charge is 0.377 e. The lowest BCUT2D eigenvalue weighted by molar-refractivity contribution is -0.384. The minimum Gasteiger partial charge on any atom is -0.377 e. The van der Waals surface area contributed by atoms with E-state index in [1.165, 1.54) is 12.1 Å². The van der Waals surface area contributed by atoms with Crippen LogP contribution in [0.4, 0.5) is 17.1 Å². The van der Waals surface area contributed by atoms with Crippen LogP contribution in [0.3, 0.4) is 0 Å². The van der Waals surface area contributed by atoms with Crippen molar-refractivity contribution in [2.75, 3.05) is 37.4 Å². The number of carbonyl (C=O) groups excluding carboxylic acids is 2. The second kappa shape index (κ2) is 8.48. The highest BCUT2D eigenvalue weighted by molar-refractivity contribution is 6.32. The number of anilines is 2. The molecule has 0 aromatic heterocycles. The average Bonchev–Trinajstić information content (AvgIpc) is 3.22. The van der Waals surface area contributed by atoms with Crippen LogP contribution in [0.2, 0.25) is 5.02 Å². The Morgan fingerprint density at radius 1 is 1.14 bits per heavy atom. The van der Waals surface area contributed by atoms with E-state index >= 15 is 0 Å². The van der Waals surface area contributed by atoms with Crippen molar-refractivity contribution < 1.29 is 14.5 Å². The molecule has 3 rings (SSSR count). The molecule has 29 heavy (non-hydrogen) atoms. The van der Waals surface area contributed by atoms with Gasteiger partial charge in [-0.15, -0.1) is 0 Å². The number of benzene rings is 2. The molecular weight excluding hydrogens is 396 g/mol. The molecule has 0 radical (unpaired) electrons. The van der Waals surface area contributed by atoms with Gasteiger partial charge in [0, 0.05) is 50.2 Å².